The van der Waals surface area contributed by atoms with Crippen LogP contribution in [0, 0.1) is 19.8 Å². The normalized spacial score (nSPS) is 16.8. The molecule has 1 amide bonds. The fraction of sp³-hybridized carbons (Fsp3) is 0.390. The molecule has 1 fully saturated rings. The molecule has 0 aliphatic carbocycles. The first-order valence-corrected chi connectivity index (χ1v) is 17.9. The number of rotatable bonds is 10. The lowest BCUT2D eigenvalue weighted by Gasteiger charge is -2.29. The zero-order valence-electron chi connectivity index (χ0n) is 31.0. The monoisotopic (exact) mass is 729 g/mol. The second-order valence-corrected chi connectivity index (χ2v) is 14.3. The largest absolute Gasteiger partial charge is 0.496 e. The first-order chi connectivity index (χ1) is 25.2. The van der Waals surface area contributed by atoms with Crippen LogP contribution in [0.3, 0.4) is 0 Å². The van der Waals surface area contributed by atoms with Crippen molar-refractivity contribution in [3.63, 3.8) is 0 Å². The van der Waals surface area contributed by atoms with E-state index in [1.165, 1.54) is 19.3 Å². The van der Waals surface area contributed by atoms with Crippen molar-refractivity contribution in [2.24, 2.45) is 13.0 Å². The number of carboxylic acids is 1. The van der Waals surface area contributed by atoms with Gasteiger partial charge in [-0.05, 0) is 92.2 Å². The quantitative estimate of drug-likeness (QED) is 0.161. The summed E-state index contributed by atoms with van der Waals surface area (Å²) >= 11 is 0. The molecule has 0 radical (unpaired) electrons. The van der Waals surface area contributed by atoms with Gasteiger partial charge in [0.2, 0.25) is 0 Å². The molecule has 1 saturated heterocycles. The summed E-state index contributed by atoms with van der Waals surface area (Å²) in [6.45, 7) is 10.7. The number of amides is 1. The number of alkyl halides is 3. The summed E-state index contributed by atoms with van der Waals surface area (Å²) in [6, 6.07) is 14.3. The first kappa shape index (κ1) is 37.8. The molecule has 0 spiro atoms. The van der Waals surface area contributed by atoms with Crippen molar-refractivity contribution in [2.45, 2.75) is 65.8 Å². The highest BCUT2D eigenvalue weighted by Crippen LogP contribution is 2.39. The number of hydrogen-bond acceptors (Lipinski definition) is 6. The maximum Gasteiger partial charge on any atom is 0.417 e. The number of nitrogens with one attached hydrogen (secondary N) is 1. The maximum absolute atomic E-state index is 14.4. The van der Waals surface area contributed by atoms with Gasteiger partial charge in [-0.15, -0.1) is 0 Å². The second-order valence-electron chi connectivity index (χ2n) is 14.3. The molecule has 9 nitrogen and oxygen atoms in total. The zero-order valence-corrected chi connectivity index (χ0v) is 31.0. The molecule has 2 N–H and O–H groups in total. The van der Waals surface area contributed by atoms with Gasteiger partial charge in [-0.1, -0.05) is 42.5 Å². The SMILES string of the molecule is COc1cc(/C=C/c2cccc(-c3cccc(NC(=O)c4nc5c(n4C)CCN(C(C)C)C5)c3C)c2C)c(C(F)(F)F)cc1CN1CC[C@@H](C(=O)O)C1. The van der Waals surface area contributed by atoms with E-state index in [1.54, 1.807) is 6.08 Å². The average molecular weight is 730 g/mol. The number of carbonyl (C=O) groups is 2. The predicted molar refractivity (Wildman–Crippen MR) is 200 cm³/mol. The molecular formula is C41H46F3N5O4. The minimum absolute atomic E-state index is 0.0403. The lowest BCUT2D eigenvalue weighted by atomic mass is 9.92. The Morgan fingerprint density at radius 3 is 2.40 bits per heavy atom. The van der Waals surface area contributed by atoms with Gasteiger partial charge in [0.1, 0.15) is 5.75 Å². The van der Waals surface area contributed by atoms with Crippen molar-refractivity contribution in [3.8, 4) is 16.9 Å². The Bertz CT molecular complexity index is 2070. The molecule has 0 unspecified atom stereocenters. The van der Waals surface area contributed by atoms with E-state index in [0.717, 1.165) is 58.2 Å². The predicted octanol–water partition coefficient (Wildman–Crippen LogP) is 7.83. The Balaban J connectivity index is 1.26. The van der Waals surface area contributed by atoms with E-state index in [-0.39, 0.29) is 24.6 Å². The molecule has 2 aliphatic heterocycles. The molecule has 0 saturated carbocycles. The van der Waals surface area contributed by atoms with Crippen LogP contribution in [-0.2, 0) is 37.5 Å². The molecule has 3 heterocycles. The summed E-state index contributed by atoms with van der Waals surface area (Å²) in [4.78, 5) is 33.9. The third-order valence-corrected chi connectivity index (χ3v) is 10.7. The van der Waals surface area contributed by atoms with Gasteiger partial charge in [0, 0.05) is 62.6 Å². The lowest BCUT2D eigenvalue weighted by Crippen LogP contribution is -2.36. The van der Waals surface area contributed by atoms with Gasteiger partial charge in [0.15, 0.2) is 5.82 Å². The van der Waals surface area contributed by atoms with Gasteiger partial charge >= 0.3 is 12.1 Å². The summed E-state index contributed by atoms with van der Waals surface area (Å²) in [5, 5.41) is 12.4. The van der Waals surface area contributed by atoms with E-state index in [9.17, 15) is 27.9 Å². The summed E-state index contributed by atoms with van der Waals surface area (Å²) < 4.78 is 50.7. The number of nitrogens with zero attached hydrogens (tertiary/aromatic N) is 4. The highest BCUT2D eigenvalue weighted by molar-refractivity contribution is 6.03. The number of ether oxygens (including phenoxy) is 1. The maximum atomic E-state index is 14.4. The van der Waals surface area contributed by atoms with E-state index < -0.39 is 23.6 Å². The highest BCUT2D eigenvalue weighted by Gasteiger charge is 2.35. The summed E-state index contributed by atoms with van der Waals surface area (Å²) in [7, 11) is 3.30. The van der Waals surface area contributed by atoms with E-state index in [4.69, 9.17) is 9.72 Å². The van der Waals surface area contributed by atoms with Crippen LogP contribution in [0.1, 0.15) is 75.7 Å². The number of aliphatic carboxylic acids is 1. The standard InChI is InChI=1S/C41H46F3N5O4/c1-24(2)49-18-16-36-35(23-49)45-38(47(36)5)39(50)46-34-12-8-11-32(26(34)4)31-10-7-9-27(25(31)3)13-14-28-20-37(53-6)30(19-33(28)41(42,43)44)22-48-17-15-29(21-48)40(51)52/h7-14,19-20,24,29H,15-18,21-23H2,1-6H3,(H,46,50)(H,51,52)/b14-13+/t29-/m1/s1. The van der Waals surface area contributed by atoms with Crippen LogP contribution in [-0.4, -0.2) is 69.1 Å². The van der Waals surface area contributed by atoms with Gasteiger partial charge in [-0.2, -0.15) is 13.2 Å². The Morgan fingerprint density at radius 1 is 1.04 bits per heavy atom. The fourth-order valence-corrected chi connectivity index (χ4v) is 7.49. The number of benzene rings is 3. The van der Waals surface area contributed by atoms with Gasteiger partial charge in [0.05, 0.1) is 24.3 Å². The number of aromatic nitrogens is 2. The Morgan fingerprint density at radius 2 is 1.74 bits per heavy atom. The highest BCUT2D eigenvalue weighted by atomic mass is 19.4. The van der Waals surface area contributed by atoms with Crippen LogP contribution in [0.15, 0.2) is 48.5 Å². The Kier molecular flexibility index (Phi) is 10.8. The van der Waals surface area contributed by atoms with Crippen molar-refractivity contribution in [1.29, 1.82) is 0 Å². The van der Waals surface area contributed by atoms with Crippen LogP contribution in [0.5, 0.6) is 5.75 Å². The van der Waals surface area contributed by atoms with Crippen molar-refractivity contribution in [1.82, 2.24) is 19.4 Å². The van der Waals surface area contributed by atoms with Gasteiger partial charge in [0.25, 0.3) is 5.91 Å². The van der Waals surface area contributed by atoms with Crippen LogP contribution in [0.25, 0.3) is 23.3 Å². The lowest BCUT2D eigenvalue weighted by molar-refractivity contribution is -0.141. The average Bonchev–Trinajstić information content (AvgIpc) is 3.72. The first-order valence-electron chi connectivity index (χ1n) is 17.9. The number of hydrogen-bond donors (Lipinski definition) is 2. The van der Waals surface area contributed by atoms with Gasteiger partial charge in [-0.25, -0.2) is 4.98 Å². The third kappa shape index (κ3) is 7.89. The zero-order chi connectivity index (χ0) is 38.2. The topological polar surface area (TPSA) is 99.9 Å². The van der Waals surface area contributed by atoms with Crippen LogP contribution >= 0.6 is 0 Å². The minimum atomic E-state index is -4.63. The molecule has 6 rings (SSSR count). The number of fused-ring (bicyclic) bond motifs is 1. The van der Waals surface area contributed by atoms with Crippen molar-refractivity contribution < 1.29 is 32.6 Å². The smallest absolute Gasteiger partial charge is 0.417 e. The van der Waals surface area contributed by atoms with E-state index in [1.807, 2.05) is 66.8 Å². The number of halogens is 3. The molecule has 53 heavy (non-hydrogen) atoms. The number of carboxylic acid groups (broad SMARTS) is 1. The van der Waals surface area contributed by atoms with Crippen molar-refractivity contribution in [3.05, 3.63) is 99.1 Å². The third-order valence-electron chi connectivity index (χ3n) is 10.7. The molecule has 3 aromatic carbocycles. The molecule has 12 heteroatoms. The Labute approximate surface area is 308 Å². The second kappa shape index (κ2) is 15.2. The molecule has 1 atom stereocenters. The molecule has 2 aliphatic rings. The van der Waals surface area contributed by atoms with E-state index in [0.29, 0.717) is 48.4 Å². The van der Waals surface area contributed by atoms with Crippen molar-refractivity contribution >= 4 is 29.7 Å². The minimum Gasteiger partial charge on any atom is -0.496 e. The number of methoxy groups -OCH3 is 1. The van der Waals surface area contributed by atoms with Crippen LogP contribution < -0.4 is 10.1 Å². The molecule has 4 aromatic rings. The van der Waals surface area contributed by atoms with Crippen LogP contribution in [0.4, 0.5) is 18.9 Å². The fourth-order valence-electron chi connectivity index (χ4n) is 7.49. The number of anilines is 1. The molecule has 0 bridgehead atoms. The summed E-state index contributed by atoms with van der Waals surface area (Å²) in [6.07, 6.45) is -0.226. The van der Waals surface area contributed by atoms with E-state index in [2.05, 4.69) is 24.1 Å². The number of likely N-dealkylation sites (tertiary alicyclic amines) is 1. The van der Waals surface area contributed by atoms with Gasteiger partial charge in [-0.3, -0.25) is 19.4 Å². The number of carbonyl (C=O) groups excluding carboxylic acids is 1. The molecular weight excluding hydrogens is 683 g/mol. The summed E-state index contributed by atoms with van der Waals surface area (Å²) in [5.74, 6) is -1.07. The van der Waals surface area contributed by atoms with Crippen LogP contribution in [0.2, 0.25) is 0 Å². The molecule has 1 aromatic heterocycles. The summed E-state index contributed by atoms with van der Waals surface area (Å²) in [5.41, 5.74) is 6.38. The van der Waals surface area contributed by atoms with Gasteiger partial charge < -0.3 is 19.7 Å². The van der Waals surface area contributed by atoms with E-state index >= 15 is 0 Å². The number of imidazole rings is 1. The Hall–Kier alpha value is -4.94. The van der Waals surface area contributed by atoms with Crippen molar-refractivity contribution in [2.75, 3.05) is 32.1 Å². The molecule has 280 valence electrons.